The van der Waals surface area contributed by atoms with Crippen LogP contribution in [0.25, 0.3) is 0 Å². The molecule has 0 saturated carbocycles. The van der Waals surface area contributed by atoms with Gasteiger partial charge in [0.15, 0.2) is 0 Å². The third kappa shape index (κ3) is 2.59. The average Bonchev–Trinajstić information content (AvgIpc) is 2.50. The summed E-state index contributed by atoms with van der Waals surface area (Å²) in [6, 6.07) is 3.41. The third-order valence-corrected chi connectivity index (χ3v) is 4.38. The molecule has 0 radical (unpaired) electrons. The van der Waals surface area contributed by atoms with E-state index in [1.807, 2.05) is 27.7 Å². The van der Waals surface area contributed by atoms with Crippen molar-refractivity contribution in [3.05, 3.63) is 22.2 Å². The maximum atomic E-state index is 6.30. The Morgan fingerprint density at radius 2 is 1.58 bits per heavy atom. The van der Waals surface area contributed by atoms with E-state index in [1.165, 1.54) is 0 Å². The van der Waals surface area contributed by atoms with Gasteiger partial charge in [0.1, 0.15) is 5.75 Å². The Morgan fingerprint density at radius 1 is 1.05 bits per heavy atom. The fraction of sp³-hybridized carbons (Fsp3) is 0.538. The highest BCUT2D eigenvalue weighted by atomic mass is 35.5. The molecule has 0 bridgehead atoms. The van der Waals surface area contributed by atoms with Crippen LogP contribution in [0.1, 0.15) is 27.7 Å². The first-order chi connectivity index (χ1) is 8.68. The summed E-state index contributed by atoms with van der Waals surface area (Å²) in [7, 11) is 0.996. The fourth-order valence-corrected chi connectivity index (χ4v) is 2.37. The van der Waals surface area contributed by atoms with Crippen LogP contribution in [-0.4, -0.2) is 25.4 Å². The summed E-state index contributed by atoms with van der Waals surface area (Å²) in [6.45, 7) is 7.96. The first-order valence-corrected chi connectivity index (χ1v) is 6.82. The molecule has 1 aliphatic heterocycles. The van der Waals surface area contributed by atoms with Crippen molar-refractivity contribution in [2.24, 2.45) is 0 Å². The van der Waals surface area contributed by atoms with Crippen molar-refractivity contribution in [3.63, 3.8) is 0 Å². The predicted molar refractivity (Wildman–Crippen MR) is 78.7 cm³/mol. The lowest BCUT2D eigenvalue weighted by Gasteiger charge is -2.32. The van der Waals surface area contributed by atoms with E-state index < -0.39 is 18.3 Å². The minimum atomic E-state index is -0.551. The SMILES string of the molecule is COc1cc(Cl)cc(B2OC(C)(C)C(C)(C)O2)c1Cl. The van der Waals surface area contributed by atoms with E-state index in [2.05, 4.69) is 0 Å². The fourth-order valence-electron chi connectivity index (χ4n) is 1.87. The lowest BCUT2D eigenvalue weighted by Crippen LogP contribution is -2.41. The van der Waals surface area contributed by atoms with Crippen LogP contribution in [0.4, 0.5) is 0 Å². The van der Waals surface area contributed by atoms with E-state index in [0.717, 1.165) is 0 Å². The van der Waals surface area contributed by atoms with Crippen LogP contribution in [-0.2, 0) is 9.31 Å². The second-order valence-corrected chi connectivity index (χ2v) is 6.41. The molecule has 0 aliphatic carbocycles. The molecule has 0 aromatic heterocycles. The molecule has 1 heterocycles. The molecular weight excluding hydrogens is 286 g/mol. The van der Waals surface area contributed by atoms with Crippen LogP contribution >= 0.6 is 23.2 Å². The van der Waals surface area contributed by atoms with Crippen LogP contribution in [0.3, 0.4) is 0 Å². The Bertz CT molecular complexity index is 487. The van der Waals surface area contributed by atoms with Gasteiger partial charge in [-0.15, -0.1) is 0 Å². The Kier molecular flexibility index (Phi) is 3.82. The highest BCUT2D eigenvalue weighted by molar-refractivity contribution is 6.66. The van der Waals surface area contributed by atoms with Gasteiger partial charge in [0.2, 0.25) is 0 Å². The van der Waals surface area contributed by atoms with E-state index in [1.54, 1.807) is 19.2 Å². The number of methoxy groups -OCH3 is 1. The zero-order chi connectivity index (χ0) is 14.4. The molecule has 104 valence electrons. The predicted octanol–water partition coefficient (Wildman–Crippen LogP) is 3.30. The quantitative estimate of drug-likeness (QED) is 0.785. The van der Waals surface area contributed by atoms with Gasteiger partial charge in [0, 0.05) is 16.6 Å². The summed E-state index contributed by atoms with van der Waals surface area (Å²) in [5.74, 6) is 0.513. The topological polar surface area (TPSA) is 27.7 Å². The van der Waals surface area contributed by atoms with E-state index in [-0.39, 0.29) is 0 Å². The van der Waals surface area contributed by atoms with E-state index >= 15 is 0 Å². The molecular formula is C13H17BCl2O3. The van der Waals surface area contributed by atoms with Crippen molar-refractivity contribution >= 4 is 35.8 Å². The largest absolute Gasteiger partial charge is 0.496 e. The van der Waals surface area contributed by atoms with Gasteiger partial charge in [-0.1, -0.05) is 23.2 Å². The van der Waals surface area contributed by atoms with Gasteiger partial charge in [-0.3, -0.25) is 0 Å². The third-order valence-electron chi connectivity index (χ3n) is 3.76. The average molecular weight is 303 g/mol. The molecule has 2 rings (SSSR count). The van der Waals surface area contributed by atoms with Crippen LogP contribution < -0.4 is 10.2 Å². The lowest BCUT2D eigenvalue weighted by atomic mass is 9.79. The summed E-state index contributed by atoms with van der Waals surface area (Å²) in [6.07, 6.45) is 0. The van der Waals surface area contributed by atoms with Crippen molar-refractivity contribution in [2.45, 2.75) is 38.9 Å². The second kappa shape index (κ2) is 4.85. The van der Waals surface area contributed by atoms with Crippen molar-refractivity contribution in [1.29, 1.82) is 0 Å². The van der Waals surface area contributed by atoms with Gasteiger partial charge in [-0.25, -0.2) is 0 Å². The van der Waals surface area contributed by atoms with Crippen LogP contribution in [0, 0.1) is 0 Å². The molecule has 0 amide bonds. The molecule has 6 heteroatoms. The summed E-state index contributed by atoms with van der Waals surface area (Å²) in [5.41, 5.74) is -0.155. The minimum absolute atomic E-state index is 0.420. The van der Waals surface area contributed by atoms with Gasteiger partial charge in [0.05, 0.1) is 23.3 Å². The van der Waals surface area contributed by atoms with E-state index in [4.69, 9.17) is 37.2 Å². The van der Waals surface area contributed by atoms with Crippen molar-refractivity contribution < 1.29 is 14.0 Å². The molecule has 1 aromatic rings. The molecule has 1 fully saturated rings. The number of hydrogen-bond donors (Lipinski definition) is 0. The molecule has 0 unspecified atom stereocenters. The van der Waals surface area contributed by atoms with Gasteiger partial charge in [-0.2, -0.15) is 0 Å². The lowest BCUT2D eigenvalue weighted by molar-refractivity contribution is 0.00578. The highest BCUT2D eigenvalue weighted by Gasteiger charge is 2.52. The molecule has 1 saturated heterocycles. The molecule has 0 spiro atoms. The highest BCUT2D eigenvalue weighted by Crippen LogP contribution is 2.38. The first kappa shape index (κ1) is 15.0. The van der Waals surface area contributed by atoms with Crippen molar-refractivity contribution in [3.8, 4) is 5.75 Å². The van der Waals surface area contributed by atoms with Gasteiger partial charge >= 0.3 is 7.12 Å². The maximum absolute atomic E-state index is 6.30. The van der Waals surface area contributed by atoms with Crippen molar-refractivity contribution in [1.82, 2.24) is 0 Å². The Balaban J connectivity index is 2.42. The van der Waals surface area contributed by atoms with Gasteiger partial charge in [0.25, 0.3) is 0 Å². The Morgan fingerprint density at radius 3 is 2.05 bits per heavy atom. The molecule has 1 aromatic carbocycles. The van der Waals surface area contributed by atoms with Gasteiger partial charge in [-0.05, 0) is 33.8 Å². The second-order valence-electron chi connectivity index (χ2n) is 5.60. The first-order valence-electron chi connectivity index (χ1n) is 6.06. The van der Waals surface area contributed by atoms with Gasteiger partial charge < -0.3 is 14.0 Å². The molecule has 3 nitrogen and oxygen atoms in total. The summed E-state index contributed by atoms with van der Waals surface area (Å²) >= 11 is 12.4. The maximum Gasteiger partial charge on any atom is 0.496 e. The number of hydrogen-bond acceptors (Lipinski definition) is 3. The van der Waals surface area contributed by atoms with Crippen LogP contribution in [0.2, 0.25) is 10.0 Å². The molecule has 1 aliphatic rings. The molecule has 19 heavy (non-hydrogen) atoms. The number of benzene rings is 1. The standard InChI is InChI=1S/C13H17BCl2O3/c1-12(2)13(3,4)19-14(18-12)9-6-8(15)7-10(17-5)11(9)16/h6-7H,1-5H3. The van der Waals surface area contributed by atoms with E-state index in [0.29, 0.717) is 21.3 Å². The van der Waals surface area contributed by atoms with Crippen LogP contribution in [0.15, 0.2) is 12.1 Å². The van der Waals surface area contributed by atoms with E-state index in [9.17, 15) is 0 Å². The Labute approximate surface area is 124 Å². The van der Waals surface area contributed by atoms with Crippen LogP contribution in [0.5, 0.6) is 5.75 Å². The summed E-state index contributed by atoms with van der Waals surface area (Å²) in [5, 5.41) is 0.997. The minimum Gasteiger partial charge on any atom is -0.495 e. The number of ether oxygens (including phenoxy) is 1. The summed E-state index contributed by atoms with van der Waals surface area (Å²) in [4.78, 5) is 0. The molecule has 0 atom stereocenters. The number of rotatable bonds is 2. The zero-order valence-corrected chi connectivity index (χ0v) is 13.2. The Hall–Kier alpha value is -0.415. The monoisotopic (exact) mass is 302 g/mol. The normalized spacial score (nSPS) is 20.7. The smallest absolute Gasteiger partial charge is 0.495 e. The van der Waals surface area contributed by atoms with Crippen molar-refractivity contribution in [2.75, 3.05) is 7.11 Å². The molecule has 0 N–H and O–H groups in total. The zero-order valence-electron chi connectivity index (χ0n) is 11.7. The number of halogens is 2. The summed E-state index contributed by atoms with van der Waals surface area (Å²) < 4.78 is 17.1.